The van der Waals surface area contributed by atoms with Gasteiger partial charge in [-0.15, -0.1) is 24.0 Å². The van der Waals surface area contributed by atoms with Gasteiger partial charge in [0.1, 0.15) is 0 Å². The third kappa shape index (κ3) is 4.84. The van der Waals surface area contributed by atoms with E-state index in [1.165, 1.54) is 5.56 Å². The summed E-state index contributed by atoms with van der Waals surface area (Å²) in [5.41, 5.74) is 2.43. The lowest BCUT2D eigenvalue weighted by molar-refractivity contribution is 0.391. The molecule has 1 atom stereocenters. The number of aromatic nitrogens is 1. The molecule has 1 N–H and O–H groups in total. The number of aliphatic imine (C=N–C) groups is 1. The Morgan fingerprint density at radius 2 is 2.08 bits per heavy atom. The fourth-order valence-electron chi connectivity index (χ4n) is 3.20. The first-order chi connectivity index (χ1) is 11.8. The van der Waals surface area contributed by atoms with Crippen LogP contribution in [0.25, 0.3) is 0 Å². The highest BCUT2D eigenvalue weighted by molar-refractivity contribution is 14.0. The molecule has 1 unspecified atom stereocenters. The highest BCUT2D eigenvalue weighted by atomic mass is 127. The van der Waals surface area contributed by atoms with Gasteiger partial charge in [0.25, 0.3) is 0 Å². The van der Waals surface area contributed by atoms with Crippen LogP contribution >= 0.6 is 24.0 Å². The normalized spacial score (nSPS) is 17.1. The lowest BCUT2D eigenvalue weighted by atomic mass is 9.99. The number of nitrogens with zero attached hydrogens (tertiary/aromatic N) is 3. The predicted octanol–water partition coefficient (Wildman–Crippen LogP) is 3.27. The summed E-state index contributed by atoms with van der Waals surface area (Å²) in [7, 11) is 3.48. The van der Waals surface area contributed by atoms with Crippen molar-refractivity contribution in [2.75, 3.05) is 27.2 Å². The Bertz CT molecular complexity index is 693. The molecule has 0 spiro atoms. The van der Waals surface area contributed by atoms with Crippen molar-refractivity contribution in [1.29, 1.82) is 0 Å². The fraction of sp³-hybridized carbons (Fsp3) is 0.368. The molecule has 0 aliphatic carbocycles. The van der Waals surface area contributed by atoms with Gasteiger partial charge in [0.2, 0.25) is 5.88 Å². The summed E-state index contributed by atoms with van der Waals surface area (Å²) in [6.45, 7) is 2.66. The number of rotatable bonds is 4. The summed E-state index contributed by atoms with van der Waals surface area (Å²) in [4.78, 5) is 11.0. The maximum atomic E-state index is 5.31. The minimum Gasteiger partial charge on any atom is -0.481 e. The predicted molar refractivity (Wildman–Crippen MR) is 112 cm³/mol. The van der Waals surface area contributed by atoms with E-state index >= 15 is 0 Å². The van der Waals surface area contributed by atoms with Crippen LogP contribution in [0.5, 0.6) is 5.88 Å². The Kier molecular flexibility index (Phi) is 7.49. The van der Waals surface area contributed by atoms with Crippen LogP contribution in [0.4, 0.5) is 0 Å². The zero-order valence-electron chi connectivity index (χ0n) is 14.7. The first-order valence-electron chi connectivity index (χ1n) is 8.30. The highest BCUT2D eigenvalue weighted by Crippen LogP contribution is 2.27. The van der Waals surface area contributed by atoms with Gasteiger partial charge in [0.05, 0.1) is 7.11 Å². The van der Waals surface area contributed by atoms with E-state index in [4.69, 9.17) is 4.74 Å². The average molecular weight is 452 g/mol. The SMILES string of the molecule is CN=C(NCc1cccnc1OC)N1CCC(c2ccccc2)C1.I. The Morgan fingerprint density at radius 3 is 2.80 bits per heavy atom. The molecule has 1 aromatic heterocycles. The molecular weight excluding hydrogens is 427 g/mol. The van der Waals surface area contributed by atoms with Crippen LogP contribution in [0, 0.1) is 0 Å². The number of pyridine rings is 1. The molecule has 1 aliphatic rings. The van der Waals surface area contributed by atoms with Crippen molar-refractivity contribution < 1.29 is 4.74 Å². The number of methoxy groups -OCH3 is 1. The summed E-state index contributed by atoms with van der Waals surface area (Å²) in [6.07, 6.45) is 2.89. The van der Waals surface area contributed by atoms with Crippen molar-refractivity contribution in [2.45, 2.75) is 18.9 Å². The third-order valence-electron chi connectivity index (χ3n) is 4.45. The number of benzene rings is 1. The van der Waals surface area contributed by atoms with Gasteiger partial charge >= 0.3 is 0 Å². The summed E-state index contributed by atoms with van der Waals surface area (Å²) in [5, 5.41) is 3.43. The minimum atomic E-state index is 0. The molecule has 1 aliphatic heterocycles. The molecule has 134 valence electrons. The van der Waals surface area contributed by atoms with Gasteiger partial charge in [0, 0.05) is 44.4 Å². The standard InChI is InChI=1S/C19H24N4O.HI/c1-20-19(22-13-16-9-6-11-21-18(16)24-2)23-12-10-17(14-23)15-7-4-3-5-8-15;/h3-9,11,17H,10,12-14H2,1-2H3,(H,20,22);1H. The summed E-state index contributed by atoms with van der Waals surface area (Å²) in [6, 6.07) is 14.7. The lowest BCUT2D eigenvalue weighted by Gasteiger charge is -2.22. The van der Waals surface area contributed by atoms with E-state index in [1.54, 1.807) is 13.3 Å². The molecular formula is C19H25IN4O. The summed E-state index contributed by atoms with van der Waals surface area (Å²) in [5.74, 6) is 2.15. The average Bonchev–Trinajstić information content (AvgIpc) is 3.13. The monoisotopic (exact) mass is 452 g/mol. The van der Waals surface area contributed by atoms with Crippen molar-refractivity contribution >= 4 is 29.9 Å². The minimum absolute atomic E-state index is 0. The smallest absolute Gasteiger partial charge is 0.218 e. The zero-order chi connectivity index (χ0) is 16.8. The van der Waals surface area contributed by atoms with Crippen LogP contribution in [0.1, 0.15) is 23.5 Å². The van der Waals surface area contributed by atoms with E-state index < -0.39 is 0 Å². The van der Waals surface area contributed by atoms with Crippen LogP contribution in [0.2, 0.25) is 0 Å². The van der Waals surface area contributed by atoms with Gasteiger partial charge in [-0.25, -0.2) is 4.98 Å². The van der Waals surface area contributed by atoms with Gasteiger partial charge < -0.3 is 15.0 Å². The molecule has 0 amide bonds. The second kappa shape index (κ2) is 9.60. The second-order valence-corrected chi connectivity index (χ2v) is 5.91. The van der Waals surface area contributed by atoms with Gasteiger partial charge in [-0.05, 0) is 18.1 Å². The van der Waals surface area contributed by atoms with E-state index in [1.807, 2.05) is 19.2 Å². The molecule has 0 saturated carbocycles. The molecule has 2 aromatic rings. The molecule has 1 fully saturated rings. The van der Waals surface area contributed by atoms with Gasteiger partial charge in [0.15, 0.2) is 5.96 Å². The van der Waals surface area contributed by atoms with Crippen molar-refractivity contribution in [1.82, 2.24) is 15.2 Å². The fourth-order valence-corrected chi connectivity index (χ4v) is 3.20. The number of ether oxygens (including phenoxy) is 1. The molecule has 1 saturated heterocycles. The van der Waals surface area contributed by atoms with Crippen LogP contribution in [0.3, 0.4) is 0 Å². The molecule has 5 nitrogen and oxygen atoms in total. The highest BCUT2D eigenvalue weighted by Gasteiger charge is 2.25. The number of hydrogen-bond acceptors (Lipinski definition) is 3. The molecule has 0 bridgehead atoms. The van der Waals surface area contributed by atoms with Crippen molar-refractivity contribution in [2.24, 2.45) is 4.99 Å². The largest absolute Gasteiger partial charge is 0.481 e. The second-order valence-electron chi connectivity index (χ2n) is 5.91. The van der Waals surface area contributed by atoms with Crippen molar-refractivity contribution in [3.8, 4) is 5.88 Å². The first kappa shape index (κ1) is 19.5. The van der Waals surface area contributed by atoms with Gasteiger partial charge in [-0.3, -0.25) is 4.99 Å². The van der Waals surface area contributed by atoms with Crippen LogP contribution in [-0.2, 0) is 6.54 Å². The van der Waals surface area contributed by atoms with E-state index in [9.17, 15) is 0 Å². The molecule has 1 aromatic carbocycles. The molecule has 25 heavy (non-hydrogen) atoms. The topological polar surface area (TPSA) is 49.8 Å². The maximum Gasteiger partial charge on any atom is 0.218 e. The number of halogens is 1. The number of guanidine groups is 1. The lowest BCUT2D eigenvalue weighted by Crippen LogP contribution is -2.39. The van der Waals surface area contributed by atoms with E-state index in [0.717, 1.165) is 31.0 Å². The van der Waals surface area contributed by atoms with Crippen LogP contribution in [-0.4, -0.2) is 43.1 Å². The van der Waals surface area contributed by atoms with E-state index in [0.29, 0.717) is 18.3 Å². The Balaban J connectivity index is 0.00000225. The Labute approximate surface area is 166 Å². The summed E-state index contributed by atoms with van der Waals surface area (Å²) >= 11 is 0. The molecule has 0 radical (unpaired) electrons. The number of nitrogens with one attached hydrogen (secondary N) is 1. The van der Waals surface area contributed by atoms with Crippen molar-refractivity contribution in [3.63, 3.8) is 0 Å². The first-order valence-corrected chi connectivity index (χ1v) is 8.30. The third-order valence-corrected chi connectivity index (χ3v) is 4.45. The quantitative estimate of drug-likeness (QED) is 0.440. The summed E-state index contributed by atoms with van der Waals surface area (Å²) < 4.78 is 5.31. The maximum absolute atomic E-state index is 5.31. The Hall–Kier alpha value is -1.83. The number of hydrogen-bond donors (Lipinski definition) is 1. The van der Waals surface area contributed by atoms with E-state index in [2.05, 4.69) is 50.5 Å². The Morgan fingerprint density at radius 1 is 1.28 bits per heavy atom. The molecule has 3 rings (SSSR count). The van der Waals surface area contributed by atoms with Crippen LogP contribution in [0.15, 0.2) is 53.7 Å². The van der Waals surface area contributed by atoms with Gasteiger partial charge in [-0.1, -0.05) is 36.4 Å². The van der Waals surface area contributed by atoms with Gasteiger partial charge in [-0.2, -0.15) is 0 Å². The van der Waals surface area contributed by atoms with Crippen LogP contribution < -0.4 is 10.1 Å². The zero-order valence-corrected chi connectivity index (χ0v) is 17.0. The van der Waals surface area contributed by atoms with Crippen molar-refractivity contribution in [3.05, 3.63) is 59.8 Å². The van der Waals surface area contributed by atoms with E-state index in [-0.39, 0.29) is 24.0 Å². The molecule has 2 heterocycles. The number of likely N-dealkylation sites (tertiary alicyclic amines) is 1. The molecule has 6 heteroatoms.